The van der Waals surface area contributed by atoms with Gasteiger partial charge < -0.3 is 14.2 Å². The van der Waals surface area contributed by atoms with E-state index in [2.05, 4.69) is 14.9 Å². The molecule has 0 unspecified atom stereocenters. The summed E-state index contributed by atoms with van der Waals surface area (Å²) in [5.74, 6) is 1.27. The van der Waals surface area contributed by atoms with Crippen molar-refractivity contribution in [3.63, 3.8) is 0 Å². The molecular formula is C22H16F2N4O4. The van der Waals surface area contributed by atoms with E-state index in [1.54, 1.807) is 41.2 Å². The second-order valence-electron chi connectivity index (χ2n) is 6.80. The number of fused-ring (bicyclic) bond motifs is 1. The lowest BCUT2D eigenvalue weighted by Gasteiger charge is -2.19. The van der Waals surface area contributed by atoms with E-state index in [9.17, 15) is 13.6 Å². The number of aromatic nitrogens is 4. The predicted molar refractivity (Wildman–Crippen MR) is 110 cm³/mol. The van der Waals surface area contributed by atoms with Gasteiger partial charge in [0.25, 0.3) is 0 Å². The minimum absolute atomic E-state index is 0.0294. The van der Waals surface area contributed by atoms with E-state index in [1.165, 1.54) is 29.1 Å². The average molecular weight is 438 g/mol. The van der Waals surface area contributed by atoms with Crippen molar-refractivity contribution in [2.45, 2.75) is 6.61 Å². The molecule has 0 fully saturated rings. The van der Waals surface area contributed by atoms with Gasteiger partial charge >= 0.3 is 6.61 Å². The number of rotatable bonds is 5. The summed E-state index contributed by atoms with van der Waals surface area (Å²) in [6.07, 6.45) is 3.07. The van der Waals surface area contributed by atoms with Crippen molar-refractivity contribution in [3.8, 4) is 40.0 Å². The van der Waals surface area contributed by atoms with E-state index in [-0.39, 0.29) is 16.9 Å². The molecule has 0 aliphatic carbocycles. The smallest absolute Gasteiger partial charge is 0.387 e. The maximum absolute atomic E-state index is 12.6. The van der Waals surface area contributed by atoms with Gasteiger partial charge in [-0.1, -0.05) is 0 Å². The maximum atomic E-state index is 12.6. The third kappa shape index (κ3) is 3.78. The summed E-state index contributed by atoms with van der Waals surface area (Å²) < 4.78 is 43.4. The van der Waals surface area contributed by atoms with Crippen molar-refractivity contribution >= 4 is 0 Å². The van der Waals surface area contributed by atoms with Crippen LogP contribution in [-0.4, -0.2) is 39.4 Å². The monoisotopic (exact) mass is 438 g/mol. The van der Waals surface area contributed by atoms with Crippen LogP contribution in [0.1, 0.15) is 0 Å². The molecule has 0 radical (unpaired) electrons. The third-order valence-corrected chi connectivity index (χ3v) is 4.79. The molecule has 1 aliphatic rings. The fourth-order valence-electron chi connectivity index (χ4n) is 3.36. The van der Waals surface area contributed by atoms with Crippen molar-refractivity contribution in [2.24, 2.45) is 0 Å². The molecule has 0 N–H and O–H groups in total. The van der Waals surface area contributed by atoms with Gasteiger partial charge in [-0.2, -0.15) is 19.0 Å². The topological polar surface area (TPSA) is 80.4 Å². The van der Waals surface area contributed by atoms with Crippen LogP contribution in [0.25, 0.3) is 22.8 Å². The number of hydrogen-bond donors (Lipinski definition) is 0. The van der Waals surface area contributed by atoms with Gasteiger partial charge in [0.05, 0.1) is 23.3 Å². The number of benzene rings is 2. The Balaban J connectivity index is 1.52. The highest BCUT2D eigenvalue weighted by atomic mass is 19.3. The van der Waals surface area contributed by atoms with Crippen LogP contribution in [0.15, 0.2) is 71.8 Å². The van der Waals surface area contributed by atoms with Crippen LogP contribution < -0.4 is 19.6 Å². The first-order valence-electron chi connectivity index (χ1n) is 9.68. The zero-order valence-electron chi connectivity index (χ0n) is 16.5. The molecule has 0 spiro atoms. The highest BCUT2D eigenvalue weighted by molar-refractivity contribution is 5.59. The summed E-state index contributed by atoms with van der Waals surface area (Å²) in [7, 11) is 0. The van der Waals surface area contributed by atoms with Crippen molar-refractivity contribution in [1.29, 1.82) is 0 Å². The van der Waals surface area contributed by atoms with Gasteiger partial charge in [0.2, 0.25) is 5.43 Å². The Kier molecular flexibility index (Phi) is 5.02. The molecule has 0 bridgehead atoms. The molecule has 5 rings (SSSR count). The van der Waals surface area contributed by atoms with Gasteiger partial charge in [-0.3, -0.25) is 4.79 Å². The zero-order chi connectivity index (χ0) is 22.1. The highest BCUT2D eigenvalue weighted by Gasteiger charge is 2.17. The second kappa shape index (κ2) is 8.14. The largest absolute Gasteiger partial charge is 0.486 e. The Morgan fingerprint density at radius 2 is 1.69 bits per heavy atom. The van der Waals surface area contributed by atoms with Crippen LogP contribution in [0.4, 0.5) is 8.78 Å². The van der Waals surface area contributed by atoms with E-state index in [0.717, 1.165) is 0 Å². The molecule has 162 valence electrons. The van der Waals surface area contributed by atoms with Crippen LogP contribution >= 0.6 is 0 Å². The lowest BCUT2D eigenvalue weighted by Crippen LogP contribution is -2.16. The maximum Gasteiger partial charge on any atom is 0.387 e. The van der Waals surface area contributed by atoms with Gasteiger partial charge in [0.1, 0.15) is 19.0 Å². The van der Waals surface area contributed by atoms with Gasteiger partial charge in [0, 0.05) is 18.3 Å². The molecule has 0 amide bonds. The number of nitrogens with zero attached hydrogens (tertiary/aromatic N) is 4. The molecule has 0 saturated carbocycles. The van der Waals surface area contributed by atoms with E-state index in [4.69, 9.17) is 9.47 Å². The standard InChI is InChI=1S/C22H16F2N4O4/c23-22(24)32-16-4-1-14(2-5-16)27-10-8-18(29)21(26-27)17-7-9-25-28(17)15-3-6-19-20(13-15)31-12-11-30-19/h1-10,13,22H,11-12H2. The first kappa shape index (κ1) is 19.7. The lowest BCUT2D eigenvalue weighted by atomic mass is 10.2. The minimum atomic E-state index is -2.90. The van der Waals surface area contributed by atoms with Crippen molar-refractivity contribution in [1.82, 2.24) is 19.6 Å². The van der Waals surface area contributed by atoms with E-state index >= 15 is 0 Å². The van der Waals surface area contributed by atoms with Gasteiger partial charge in [-0.25, -0.2) is 9.36 Å². The molecule has 32 heavy (non-hydrogen) atoms. The van der Waals surface area contributed by atoms with Crippen LogP contribution in [0, 0.1) is 0 Å². The Bertz CT molecular complexity index is 1320. The molecule has 2 aromatic heterocycles. The summed E-state index contributed by atoms with van der Waals surface area (Å²) >= 11 is 0. The normalized spacial score (nSPS) is 12.7. The first-order chi connectivity index (χ1) is 15.6. The van der Waals surface area contributed by atoms with Crippen molar-refractivity contribution in [2.75, 3.05) is 13.2 Å². The third-order valence-electron chi connectivity index (χ3n) is 4.79. The van der Waals surface area contributed by atoms with E-state index in [0.29, 0.717) is 41.8 Å². The fourth-order valence-corrected chi connectivity index (χ4v) is 3.36. The minimum Gasteiger partial charge on any atom is -0.486 e. The molecule has 0 saturated heterocycles. The molecule has 1 aliphatic heterocycles. The van der Waals surface area contributed by atoms with Crippen LogP contribution in [-0.2, 0) is 0 Å². The quantitative estimate of drug-likeness (QED) is 0.475. The van der Waals surface area contributed by atoms with Gasteiger partial charge in [-0.05, 0) is 42.5 Å². The second-order valence-corrected chi connectivity index (χ2v) is 6.80. The molecular weight excluding hydrogens is 422 g/mol. The Morgan fingerprint density at radius 3 is 2.47 bits per heavy atom. The Labute approximate surface area is 180 Å². The predicted octanol–water partition coefficient (Wildman–Crippen LogP) is 3.46. The number of alkyl halides is 2. The number of hydrogen-bond acceptors (Lipinski definition) is 6. The lowest BCUT2D eigenvalue weighted by molar-refractivity contribution is -0.0498. The molecule has 2 aromatic carbocycles. The molecule has 0 atom stereocenters. The molecule has 4 aromatic rings. The van der Waals surface area contributed by atoms with Crippen LogP contribution in [0.5, 0.6) is 17.2 Å². The summed E-state index contributed by atoms with van der Waals surface area (Å²) in [4.78, 5) is 12.6. The molecule has 10 heteroatoms. The van der Waals surface area contributed by atoms with Crippen LogP contribution in [0.3, 0.4) is 0 Å². The van der Waals surface area contributed by atoms with E-state index in [1.807, 2.05) is 6.07 Å². The summed E-state index contributed by atoms with van der Waals surface area (Å²) in [5.41, 5.74) is 1.61. The van der Waals surface area contributed by atoms with Crippen molar-refractivity contribution in [3.05, 3.63) is 77.2 Å². The fraction of sp³-hybridized carbons (Fsp3) is 0.136. The van der Waals surface area contributed by atoms with E-state index < -0.39 is 6.61 Å². The number of halogens is 2. The number of ether oxygens (including phenoxy) is 3. The highest BCUT2D eigenvalue weighted by Crippen LogP contribution is 2.32. The summed E-state index contributed by atoms with van der Waals surface area (Å²) in [5, 5.41) is 8.79. The average Bonchev–Trinajstić information content (AvgIpc) is 3.29. The Hall–Kier alpha value is -4.21. The zero-order valence-corrected chi connectivity index (χ0v) is 16.5. The molecule has 8 nitrogen and oxygen atoms in total. The summed E-state index contributed by atoms with van der Waals surface area (Å²) in [6, 6.07) is 14.4. The first-order valence-corrected chi connectivity index (χ1v) is 9.68. The van der Waals surface area contributed by atoms with Gasteiger partial charge in [0.15, 0.2) is 17.2 Å². The van der Waals surface area contributed by atoms with Gasteiger partial charge in [-0.15, -0.1) is 0 Å². The summed E-state index contributed by atoms with van der Waals surface area (Å²) in [6.45, 7) is -1.96. The molecule has 3 heterocycles. The van der Waals surface area contributed by atoms with Crippen LogP contribution in [0.2, 0.25) is 0 Å². The Morgan fingerprint density at radius 1 is 0.938 bits per heavy atom. The SMILES string of the molecule is O=c1ccn(-c2ccc(OC(F)F)cc2)nc1-c1ccnn1-c1ccc2c(c1)OCCO2. The van der Waals surface area contributed by atoms with Crippen molar-refractivity contribution < 1.29 is 23.0 Å².